The molecule has 4 N–H and O–H groups in total. The highest BCUT2D eigenvalue weighted by Gasteiger charge is 2.50. The summed E-state index contributed by atoms with van der Waals surface area (Å²) in [6, 6.07) is -1.01. The van der Waals surface area contributed by atoms with Crippen LogP contribution in [0.4, 0.5) is 4.79 Å². The van der Waals surface area contributed by atoms with Crippen LogP contribution in [-0.2, 0) is 9.59 Å². The first-order valence-electron chi connectivity index (χ1n) is 5.64. The molecule has 1 fully saturated rings. The van der Waals surface area contributed by atoms with Gasteiger partial charge >= 0.3 is 12.0 Å². The Kier molecular flexibility index (Phi) is 3.75. The van der Waals surface area contributed by atoms with E-state index in [0.717, 1.165) is 0 Å². The van der Waals surface area contributed by atoms with Gasteiger partial charge in [-0.1, -0.05) is 13.8 Å². The highest BCUT2D eigenvalue weighted by Crippen LogP contribution is 2.42. The number of nitrogens with one attached hydrogen (secondary N) is 1. The molecule has 1 aliphatic rings. The van der Waals surface area contributed by atoms with Crippen LogP contribution in [0.25, 0.3) is 0 Å². The van der Waals surface area contributed by atoms with Crippen LogP contribution in [0.1, 0.15) is 33.1 Å². The number of aliphatic carboxylic acids is 1. The van der Waals surface area contributed by atoms with Crippen LogP contribution < -0.4 is 11.1 Å². The number of carbonyl (C=O) groups is 3. The fourth-order valence-corrected chi connectivity index (χ4v) is 2.34. The molecule has 3 atom stereocenters. The molecule has 0 radical (unpaired) electrons. The van der Waals surface area contributed by atoms with E-state index in [0.29, 0.717) is 12.3 Å². The van der Waals surface area contributed by atoms with Gasteiger partial charge in [0.25, 0.3) is 0 Å². The number of hydrogen-bond donors (Lipinski definition) is 3. The summed E-state index contributed by atoms with van der Waals surface area (Å²) in [6.45, 7) is 3.95. The molecule has 6 nitrogen and oxygen atoms in total. The number of carboxylic acid groups (broad SMARTS) is 1. The zero-order valence-electron chi connectivity index (χ0n) is 10.0. The lowest BCUT2D eigenvalue weighted by Crippen LogP contribution is -2.52. The highest BCUT2D eigenvalue weighted by molar-refractivity contribution is 6.07. The van der Waals surface area contributed by atoms with Gasteiger partial charge in [-0.2, -0.15) is 0 Å². The van der Waals surface area contributed by atoms with Gasteiger partial charge < -0.3 is 10.8 Å². The van der Waals surface area contributed by atoms with Gasteiger partial charge in [-0.3, -0.25) is 14.9 Å². The van der Waals surface area contributed by atoms with E-state index in [-0.39, 0.29) is 18.8 Å². The number of hydrogen-bond acceptors (Lipinski definition) is 3. The SMILES string of the molecule is CC1CCC(C(=O)O)(C(=O)NC(N)=O)CC1C. The van der Waals surface area contributed by atoms with Crippen molar-refractivity contribution in [1.29, 1.82) is 0 Å². The van der Waals surface area contributed by atoms with E-state index in [9.17, 15) is 19.5 Å². The van der Waals surface area contributed by atoms with Crippen molar-refractivity contribution in [3.63, 3.8) is 0 Å². The van der Waals surface area contributed by atoms with E-state index in [2.05, 4.69) is 0 Å². The molecule has 1 saturated carbocycles. The molecule has 1 rings (SSSR count). The summed E-state index contributed by atoms with van der Waals surface area (Å²) in [4.78, 5) is 33.8. The van der Waals surface area contributed by atoms with E-state index < -0.39 is 23.3 Å². The lowest BCUT2D eigenvalue weighted by molar-refractivity contribution is -0.159. The summed E-state index contributed by atoms with van der Waals surface area (Å²) in [5.41, 5.74) is 3.34. The van der Waals surface area contributed by atoms with Crippen molar-refractivity contribution in [3.05, 3.63) is 0 Å². The molecular formula is C11H18N2O4. The average Bonchev–Trinajstić information content (AvgIpc) is 2.20. The van der Waals surface area contributed by atoms with Gasteiger partial charge in [0.1, 0.15) is 5.41 Å². The molecule has 3 unspecified atom stereocenters. The monoisotopic (exact) mass is 242 g/mol. The summed E-state index contributed by atoms with van der Waals surface area (Å²) >= 11 is 0. The maximum Gasteiger partial charge on any atom is 0.319 e. The molecule has 0 aromatic rings. The van der Waals surface area contributed by atoms with Gasteiger partial charge in [0, 0.05) is 0 Å². The predicted molar refractivity (Wildman–Crippen MR) is 60.0 cm³/mol. The minimum atomic E-state index is -1.51. The van der Waals surface area contributed by atoms with Gasteiger partial charge in [-0.25, -0.2) is 4.79 Å². The zero-order valence-corrected chi connectivity index (χ0v) is 10.0. The average molecular weight is 242 g/mol. The van der Waals surface area contributed by atoms with Crippen molar-refractivity contribution in [3.8, 4) is 0 Å². The highest BCUT2D eigenvalue weighted by atomic mass is 16.4. The van der Waals surface area contributed by atoms with Gasteiger partial charge in [0.2, 0.25) is 5.91 Å². The molecule has 17 heavy (non-hydrogen) atoms. The number of primary amides is 1. The molecule has 1 aliphatic carbocycles. The summed E-state index contributed by atoms with van der Waals surface area (Å²) in [6.07, 6.45) is 1.13. The molecule has 0 aromatic heterocycles. The minimum absolute atomic E-state index is 0.124. The largest absolute Gasteiger partial charge is 0.480 e. The van der Waals surface area contributed by atoms with Crippen LogP contribution >= 0.6 is 0 Å². The van der Waals surface area contributed by atoms with Crippen molar-refractivity contribution in [2.45, 2.75) is 33.1 Å². The van der Waals surface area contributed by atoms with Crippen molar-refractivity contribution in [2.75, 3.05) is 0 Å². The van der Waals surface area contributed by atoms with E-state index >= 15 is 0 Å². The van der Waals surface area contributed by atoms with Gasteiger partial charge in [-0.15, -0.1) is 0 Å². The Hall–Kier alpha value is -1.59. The third-order valence-corrected chi connectivity index (χ3v) is 3.75. The maximum absolute atomic E-state index is 11.8. The molecular weight excluding hydrogens is 224 g/mol. The van der Waals surface area contributed by atoms with Crippen molar-refractivity contribution in [2.24, 2.45) is 23.0 Å². The molecule has 3 amide bonds. The third-order valence-electron chi connectivity index (χ3n) is 3.75. The normalized spacial score (nSPS) is 32.8. The molecule has 0 aromatic carbocycles. The van der Waals surface area contributed by atoms with E-state index in [4.69, 9.17) is 5.73 Å². The molecule has 0 aliphatic heterocycles. The van der Waals surface area contributed by atoms with Crippen molar-refractivity contribution in [1.82, 2.24) is 5.32 Å². The first-order valence-corrected chi connectivity index (χ1v) is 5.64. The summed E-state index contributed by atoms with van der Waals surface area (Å²) in [5.74, 6) is -1.48. The second kappa shape index (κ2) is 4.73. The Morgan fingerprint density at radius 2 is 1.88 bits per heavy atom. The molecule has 0 heterocycles. The van der Waals surface area contributed by atoms with Gasteiger partial charge in [-0.05, 0) is 31.1 Å². The molecule has 0 saturated heterocycles. The molecule has 6 heteroatoms. The fraction of sp³-hybridized carbons (Fsp3) is 0.727. The number of rotatable bonds is 2. The van der Waals surface area contributed by atoms with Crippen LogP contribution in [0, 0.1) is 17.3 Å². The number of carbonyl (C=O) groups excluding carboxylic acids is 2. The second-order valence-electron chi connectivity index (χ2n) is 4.90. The van der Waals surface area contributed by atoms with Crippen LogP contribution in [0.2, 0.25) is 0 Å². The number of nitrogens with two attached hydrogens (primary N) is 1. The Morgan fingerprint density at radius 3 is 2.29 bits per heavy atom. The quantitative estimate of drug-likeness (QED) is 0.619. The standard InChI is InChI=1S/C11H18N2O4/c1-6-3-4-11(9(15)16,5-7(6)2)8(14)13-10(12)17/h6-7H,3-5H2,1-2H3,(H,15,16)(H3,12,13,14,17). The first kappa shape index (κ1) is 13.5. The zero-order chi connectivity index (χ0) is 13.2. The lowest BCUT2D eigenvalue weighted by atomic mass is 9.65. The van der Waals surface area contributed by atoms with E-state index in [1.165, 1.54) is 0 Å². The van der Waals surface area contributed by atoms with Gasteiger partial charge in [0.05, 0.1) is 0 Å². The summed E-state index contributed by atoms with van der Waals surface area (Å²) < 4.78 is 0. The number of urea groups is 1. The first-order chi connectivity index (χ1) is 7.79. The van der Waals surface area contributed by atoms with Crippen LogP contribution in [0.3, 0.4) is 0 Å². The number of amides is 3. The van der Waals surface area contributed by atoms with Crippen molar-refractivity contribution < 1.29 is 19.5 Å². The third kappa shape index (κ3) is 2.57. The smallest absolute Gasteiger partial charge is 0.319 e. The topological polar surface area (TPSA) is 109 Å². The Morgan fingerprint density at radius 1 is 1.29 bits per heavy atom. The predicted octanol–water partition coefficient (Wildman–Crippen LogP) is 0.708. The lowest BCUT2D eigenvalue weighted by Gasteiger charge is -2.38. The fourth-order valence-electron chi connectivity index (χ4n) is 2.34. The Labute approximate surface area is 99.6 Å². The van der Waals surface area contributed by atoms with Crippen LogP contribution in [0.15, 0.2) is 0 Å². The Bertz CT molecular complexity index is 355. The molecule has 0 bridgehead atoms. The van der Waals surface area contributed by atoms with Crippen LogP contribution in [0.5, 0.6) is 0 Å². The van der Waals surface area contributed by atoms with Crippen LogP contribution in [-0.4, -0.2) is 23.0 Å². The molecule has 96 valence electrons. The summed E-state index contributed by atoms with van der Waals surface area (Å²) in [5, 5.41) is 11.2. The second-order valence-corrected chi connectivity index (χ2v) is 4.90. The van der Waals surface area contributed by atoms with Crippen molar-refractivity contribution >= 4 is 17.9 Å². The minimum Gasteiger partial charge on any atom is -0.480 e. The molecule has 0 spiro atoms. The maximum atomic E-state index is 11.8. The van der Waals surface area contributed by atoms with Gasteiger partial charge in [0.15, 0.2) is 0 Å². The van der Waals surface area contributed by atoms with E-state index in [1.807, 2.05) is 19.2 Å². The van der Waals surface area contributed by atoms with E-state index in [1.54, 1.807) is 0 Å². The Balaban J connectivity index is 2.95. The summed E-state index contributed by atoms with van der Waals surface area (Å²) in [7, 11) is 0. The number of imide groups is 1. The number of carboxylic acids is 1.